The first kappa shape index (κ1) is 33.7. The summed E-state index contributed by atoms with van der Waals surface area (Å²) in [5.41, 5.74) is 10.5. The van der Waals surface area contributed by atoms with E-state index in [1.165, 1.54) is 21.8 Å². The molecule has 26 heteroatoms. The van der Waals surface area contributed by atoms with Gasteiger partial charge in [-0.3, -0.25) is 37.7 Å². The lowest BCUT2D eigenvalue weighted by molar-refractivity contribution is -0.0424. The van der Waals surface area contributed by atoms with E-state index in [4.69, 9.17) is 40.5 Å². The minimum absolute atomic E-state index is 0.0622. The van der Waals surface area contributed by atoms with Gasteiger partial charge in [0.05, 0.1) is 38.1 Å². The van der Waals surface area contributed by atoms with E-state index >= 15 is 0 Å². The van der Waals surface area contributed by atoms with Crippen molar-refractivity contribution in [1.82, 2.24) is 39.0 Å². The normalized spacial score (nSPS) is 25.3. The van der Waals surface area contributed by atoms with E-state index in [2.05, 4.69) is 39.0 Å². The number of H-pyrrole nitrogens is 2. The quantitative estimate of drug-likeness (QED) is 0.0817. The number of aliphatic hydroxyl groups is 2. The predicted molar refractivity (Wildman–Crippen MR) is 150 cm³/mol. The van der Waals surface area contributed by atoms with Crippen LogP contribution < -0.4 is 22.6 Å². The van der Waals surface area contributed by atoms with Crippen LogP contribution >= 0.6 is 15.6 Å². The van der Waals surface area contributed by atoms with Crippen LogP contribution in [0.15, 0.2) is 22.2 Å². The van der Waals surface area contributed by atoms with Gasteiger partial charge in [0.2, 0.25) is 11.9 Å². The molecule has 24 nitrogen and oxygen atoms in total. The molecule has 6 atom stereocenters. The number of anilines is 2. The van der Waals surface area contributed by atoms with Crippen molar-refractivity contribution in [3.05, 3.63) is 33.4 Å². The largest absolute Gasteiger partial charge is 0.469 e. The molecule has 0 aliphatic carbocycles. The molecule has 2 fully saturated rings. The summed E-state index contributed by atoms with van der Waals surface area (Å²) < 4.78 is 44.0. The predicted octanol–water partition coefficient (Wildman–Crippen LogP) is -3.08. The lowest BCUT2D eigenvalue weighted by Crippen LogP contribution is -2.25. The molecule has 6 heterocycles. The monoisotopic (exact) mass is 694 g/mol. The Morgan fingerprint density at radius 2 is 1.15 bits per heavy atom. The summed E-state index contributed by atoms with van der Waals surface area (Å²) in [6.45, 7) is -0.963. The first-order valence-corrected chi connectivity index (χ1v) is 16.1. The van der Waals surface area contributed by atoms with Gasteiger partial charge in [-0.05, 0) is 0 Å². The van der Waals surface area contributed by atoms with Crippen LogP contribution in [0.1, 0.15) is 25.3 Å². The van der Waals surface area contributed by atoms with E-state index in [0.29, 0.717) is 0 Å². The second-order valence-corrected chi connectivity index (χ2v) is 12.5. The number of ether oxygens (including phenoxy) is 2. The average molecular weight is 694 g/mol. The zero-order valence-electron chi connectivity index (χ0n) is 23.1. The lowest BCUT2D eigenvalue weighted by Gasteiger charge is -2.16. The highest BCUT2D eigenvalue weighted by atomic mass is 31.2. The topological polar surface area (TPSA) is 372 Å². The number of hydrogen-bond acceptors (Lipinski definition) is 16. The van der Waals surface area contributed by atoms with Crippen molar-refractivity contribution in [2.24, 2.45) is 0 Å². The molecule has 0 saturated carbocycles. The molecule has 0 amide bonds. The van der Waals surface area contributed by atoms with Crippen molar-refractivity contribution in [2.45, 2.75) is 49.7 Å². The van der Waals surface area contributed by atoms with Crippen molar-refractivity contribution in [2.75, 3.05) is 24.7 Å². The van der Waals surface area contributed by atoms with E-state index in [9.17, 15) is 28.9 Å². The maximum absolute atomic E-state index is 11.7. The number of phosphoric acid groups is 2. The molecule has 0 aromatic carbocycles. The number of aromatic nitrogens is 8. The Morgan fingerprint density at radius 1 is 0.783 bits per heavy atom. The van der Waals surface area contributed by atoms with Gasteiger partial charge in [-0.25, -0.2) is 19.1 Å². The molecule has 2 saturated heterocycles. The molecule has 4 aromatic heterocycles. The van der Waals surface area contributed by atoms with Gasteiger partial charge in [-0.15, -0.1) is 0 Å². The summed E-state index contributed by atoms with van der Waals surface area (Å²) in [4.78, 5) is 78.6. The van der Waals surface area contributed by atoms with Gasteiger partial charge < -0.3 is 50.7 Å². The molecule has 12 N–H and O–H groups in total. The van der Waals surface area contributed by atoms with Crippen LogP contribution in [0.3, 0.4) is 0 Å². The third-order valence-corrected chi connectivity index (χ3v) is 7.71. The fourth-order valence-electron chi connectivity index (χ4n) is 4.72. The Bertz CT molecular complexity index is 1800. The van der Waals surface area contributed by atoms with Crippen LogP contribution in [0.2, 0.25) is 0 Å². The number of phosphoric ester groups is 2. The molecular weight excluding hydrogens is 666 g/mol. The van der Waals surface area contributed by atoms with Crippen molar-refractivity contribution in [1.29, 1.82) is 0 Å². The molecule has 4 aromatic rings. The summed E-state index contributed by atoms with van der Waals surface area (Å²) in [5.74, 6) is -0.187. The van der Waals surface area contributed by atoms with E-state index in [-0.39, 0.29) is 47.1 Å². The fraction of sp³-hybridized carbons (Fsp3) is 0.500. The molecule has 0 unspecified atom stereocenters. The summed E-state index contributed by atoms with van der Waals surface area (Å²) in [6, 6.07) is 0. The SMILES string of the molecule is Nc1nc2c(ncn2[C@H]2C[C@H](O)[C@@H](COP(=O)(O)O)O2)c(=O)[nH]1.Nc1nc2c(ncn2[C@H]2C[C@H](O)[C@@H](COP(=O)(O)O)O2)c(=O)[nH]1. The Morgan fingerprint density at radius 3 is 1.50 bits per heavy atom. The van der Waals surface area contributed by atoms with Crippen LogP contribution in [-0.2, 0) is 27.7 Å². The maximum atomic E-state index is 11.7. The molecule has 0 bridgehead atoms. The standard InChI is InChI=1S/2C10H14N5O7P/c2*11-10-13-8-7(9(17)14-10)12-3-15(8)6-1-4(16)5(22-6)2-21-23(18,19)20/h2*3-6,16H,1-2H2,(H2,18,19,20)(H3,11,13,14,17)/t2*4-,5+,6+/m00/s1. The summed E-state index contributed by atoms with van der Waals surface area (Å²) in [6.07, 6.45) is -2.51. The van der Waals surface area contributed by atoms with Gasteiger partial charge in [0.15, 0.2) is 22.3 Å². The highest BCUT2D eigenvalue weighted by Crippen LogP contribution is 2.39. The smallest absolute Gasteiger partial charge is 0.390 e. The van der Waals surface area contributed by atoms with E-state index < -0.39 is 76.8 Å². The molecular formula is C20H28N10O14P2. The number of nitrogen functional groups attached to an aromatic ring is 2. The Hall–Kier alpha value is -3.64. The first-order valence-electron chi connectivity index (χ1n) is 13.0. The Labute approximate surface area is 254 Å². The second-order valence-electron chi connectivity index (χ2n) is 9.99. The van der Waals surface area contributed by atoms with Crippen LogP contribution in [0, 0.1) is 0 Å². The summed E-state index contributed by atoms with van der Waals surface area (Å²) in [7, 11) is -9.32. The van der Waals surface area contributed by atoms with Gasteiger partial charge in [0.1, 0.15) is 24.7 Å². The third-order valence-electron chi connectivity index (χ3n) is 6.74. The molecule has 6 rings (SSSR count). The number of rotatable bonds is 8. The highest BCUT2D eigenvalue weighted by Gasteiger charge is 2.38. The van der Waals surface area contributed by atoms with Gasteiger partial charge in [0, 0.05) is 12.8 Å². The lowest BCUT2D eigenvalue weighted by atomic mass is 10.2. The average Bonchev–Trinajstić information content (AvgIpc) is 3.71. The number of imidazole rings is 2. The summed E-state index contributed by atoms with van der Waals surface area (Å²) in [5, 5.41) is 19.9. The number of nitrogens with zero attached hydrogens (tertiary/aromatic N) is 6. The number of fused-ring (bicyclic) bond motifs is 2. The van der Waals surface area contributed by atoms with E-state index in [1.54, 1.807) is 0 Å². The molecule has 252 valence electrons. The third kappa shape index (κ3) is 7.66. The Balaban J connectivity index is 0.000000181. The summed E-state index contributed by atoms with van der Waals surface area (Å²) >= 11 is 0. The van der Waals surface area contributed by atoms with Crippen LogP contribution in [0.25, 0.3) is 22.3 Å². The molecule has 46 heavy (non-hydrogen) atoms. The first-order chi connectivity index (χ1) is 21.5. The van der Waals surface area contributed by atoms with Gasteiger partial charge in [0.25, 0.3) is 11.1 Å². The molecule has 0 spiro atoms. The zero-order chi connectivity index (χ0) is 33.6. The Kier molecular flexibility index (Phi) is 9.43. The second kappa shape index (κ2) is 12.9. The number of aliphatic hydroxyl groups excluding tert-OH is 2. The van der Waals surface area contributed by atoms with Crippen LogP contribution in [0.4, 0.5) is 11.9 Å². The minimum atomic E-state index is -4.66. The number of nitrogens with one attached hydrogen (secondary N) is 2. The number of hydrogen-bond donors (Lipinski definition) is 10. The van der Waals surface area contributed by atoms with Crippen molar-refractivity contribution < 1.29 is 57.4 Å². The maximum Gasteiger partial charge on any atom is 0.469 e. The van der Waals surface area contributed by atoms with Crippen LogP contribution in [-0.4, -0.2) is 106 Å². The highest BCUT2D eigenvalue weighted by molar-refractivity contribution is 7.46. The number of aromatic amines is 2. The van der Waals surface area contributed by atoms with Gasteiger partial charge >= 0.3 is 15.6 Å². The van der Waals surface area contributed by atoms with E-state index in [1.807, 2.05) is 0 Å². The molecule has 2 aliphatic heterocycles. The van der Waals surface area contributed by atoms with Gasteiger partial charge in [-0.1, -0.05) is 0 Å². The van der Waals surface area contributed by atoms with Crippen molar-refractivity contribution in [3.63, 3.8) is 0 Å². The molecule has 2 aliphatic rings. The zero-order valence-corrected chi connectivity index (χ0v) is 24.9. The van der Waals surface area contributed by atoms with Crippen molar-refractivity contribution >= 4 is 49.9 Å². The minimum Gasteiger partial charge on any atom is -0.390 e. The van der Waals surface area contributed by atoms with Crippen molar-refractivity contribution in [3.8, 4) is 0 Å². The molecule has 0 radical (unpaired) electrons. The number of nitrogens with two attached hydrogens (primary N) is 2. The van der Waals surface area contributed by atoms with Crippen LogP contribution in [0.5, 0.6) is 0 Å². The fourth-order valence-corrected chi connectivity index (χ4v) is 5.40. The van der Waals surface area contributed by atoms with Gasteiger partial charge in [-0.2, -0.15) is 9.97 Å². The van der Waals surface area contributed by atoms with E-state index in [0.717, 1.165) is 0 Å².